The second-order valence-electron chi connectivity index (χ2n) is 12.6. The Bertz CT molecular complexity index is 1130. The van der Waals surface area contributed by atoms with E-state index >= 15 is 0 Å². The van der Waals surface area contributed by atoms with Crippen molar-refractivity contribution >= 4 is 17.7 Å². The topological polar surface area (TPSA) is 110 Å². The predicted octanol–water partition coefficient (Wildman–Crippen LogP) is 4.63. The SMILES string of the molecule is CCCCC/C=C/C=C/C(=O)OC1C(C)=CC23C(=O)C(C=C(COC(C)=O)C(O)C12O)C1C(CC3C)C1(C)C. The number of aliphatic hydroxyl groups is 2. The molecular weight excluding hydrogens is 496 g/mol. The molecule has 2 saturated carbocycles. The standard InChI is InChI=1S/C32H44O7/c1-7-8-9-10-11-12-13-14-25(34)39-29-19(2)17-31-20(3)15-24-26(30(24,5)6)23(28(31)36)16-22(18-38-21(4)33)27(35)32(29,31)37/h11-14,16-17,20,23-24,26-27,29,35,37H,7-10,15,18H2,1-6H3/b12-11+,14-13+. The van der Waals surface area contributed by atoms with Gasteiger partial charge in [0.25, 0.3) is 0 Å². The van der Waals surface area contributed by atoms with Crippen LogP contribution in [0.25, 0.3) is 0 Å². The smallest absolute Gasteiger partial charge is 0.331 e. The molecule has 8 unspecified atom stereocenters. The van der Waals surface area contributed by atoms with Gasteiger partial charge in [0.2, 0.25) is 0 Å². The summed E-state index contributed by atoms with van der Waals surface area (Å²) < 4.78 is 11.1. The largest absolute Gasteiger partial charge is 0.461 e. The van der Waals surface area contributed by atoms with Crippen LogP contribution in [0.5, 0.6) is 0 Å². The number of esters is 2. The number of hydrogen-bond acceptors (Lipinski definition) is 7. The highest BCUT2D eigenvalue weighted by Crippen LogP contribution is 2.71. The average molecular weight is 541 g/mol. The molecule has 214 valence electrons. The Kier molecular flexibility index (Phi) is 8.17. The van der Waals surface area contributed by atoms with Gasteiger partial charge in [0.1, 0.15) is 12.7 Å². The molecule has 39 heavy (non-hydrogen) atoms. The summed E-state index contributed by atoms with van der Waals surface area (Å²) in [4.78, 5) is 39.1. The summed E-state index contributed by atoms with van der Waals surface area (Å²) >= 11 is 0. The number of rotatable bonds is 9. The molecule has 0 aliphatic heterocycles. The van der Waals surface area contributed by atoms with E-state index in [4.69, 9.17) is 9.47 Å². The molecule has 0 aromatic heterocycles. The van der Waals surface area contributed by atoms with Crippen LogP contribution in [-0.2, 0) is 23.9 Å². The first-order valence-electron chi connectivity index (χ1n) is 14.4. The monoisotopic (exact) mass is 540 g/mol. The van der Waals surface area contributed by atoms with Crippen LogP contribution in [0, 0.1) is 34.5 Å². The normalized spacial score (nSPS) is 38.4. The fraction of sp³-hybridized carbons (Fsp3) is 0.656. The molecule has 2 N–H and O–H groups in total. The Morgan fingerprint density at radius 1 is 1.21 bits per heavy atom. The first kappa shape index (κ1) is 29.5. The van der Waals surface area contributed by atoms with Crippen LogP contribution in [-0.4, -0.2) is 52.4 Å². The third-order valence-corrected chi connectivity index (χ3v) is 9.84. The molecule has 4 aliphatic rings. The molecule has 0 amide bonds. The highest BCUT2D eigenvalue weighted by molar-refractivity contribution is 5.95. The highest BCUT2D eigenvalue weighted by atomic mass is 16.6. The molecule has 7 nitrogen and oxygen atoms in total. The van der Waals surface area contributed by atoms with Crippen LogP contribution in [0.4, 0.5) is 0 Å². The molecule has 0 saturated heterocycles. The van der Waals surface area contributed by atoms with Gasteiger partial charge in [0, 0.05) is 18.9 Å². The Morgan fingerprint density at radius 3 is 2.59 bits per heavy atom. The lowest BCUT2D eigenvalue weighted by Crippen LogP contribution is -2.65. The van der Waals surface area contributed by atoms with Crippen molar-refractivity contribution in [1.29, 1.82) is 0 Å². The Morgan fingerprint density at radius 2 is 1.92 bits per heavy atom. The minimum Gasteiger partial charge on any atom is -0.461 e. The molecule has 0 radical (unpaired) electrons. The van der Waals surface area contributed by atoms with E-state index in [0.717, 1.165) is 25.7 Å². The molecule has 0 heterocycles. The lowest BCUT2D eigenvalue weighted by molar-refractivity contribution is -0.201. The minimum atomic E-state index is -2.14. The minimum absolute atomic E-state index is 0.0519. The summed E-state index contributed by atoms with van der Waals surface area (Å²) in [7, 11) is 0. The predicted molar refractivity (Wildman–Crippen MR) is 147 cm³/mol. The maximum atomic E-state index is 14.5. The number of carbonyl (C=O) groups excluding carboxylic acids is 3. The fourth-order valence-corrected chi connectivity index (χ4v) is 7.74. The third kappa shape index (κ3) is 4.76. The highest BCUT2D eigenvalue weighted by Gasteiger charge is 2.76. The maximum Gasteiger partial charge on any atom is 0.331 e. The van der Waals surface area contributed by atoms with Crippen LogP contribution in [0.1, 0.15) is 73.6 Å². The number of hydrogen-bond donors (Lipinski definition) is 2. The quantitative estimate of drug-likeness (QED) is 0.144. The molecule has 1 spiro atoms. The number of aliphatic hydroxyl groups excluding tert-OH is 1. The van der Waals surface area contributed by atoms with E-state index in [1.807, 2.05) is 13.0 Å². The van der Waals surface area contributed by atoms with Gasteiger partial charge in [0.15, 0.2) is 17.5 Å². The molecule has 4 aliphatic carbocycles. The zero-order chi connectivity index (χ0) is 28.8. The van der Waals surface area contributed by atoms with Gasteiger partial charge in [-0.2, -0.15) is 0 Å². The fourth-order valence-electron chi connectivity index (χ4n) is 7.74. The Balaban J connectivity index is 1.69. The summed E-state index contributed by atoms with van der Waals surface area (Å²) in [6, 6.07) is 0. The lowest BCUT2D eigenvalue weighted by atomic mass is 9.59. The summed E-state index contributed by atoms with van der Waals surface area (Å²) in [6.07, 6.45) is 12.3. The van der Waals surface area contributed by atoms with Crippen molar-refractivity contribution in [2.24, 2.45) is 34.5 Å². The molecule has 8 atom stereocenters. The van der Waals surface area contributed by atoms with Crippen molar-refractivity contribution in [2.45, 2.75) is 91.5 Å². The van der Waals surface area contributed by atoms with Gasteiger partial charge in [-0.15, -0.1) is 0 Å². The van der Waals surface area contributed by atoms with Crippen molar-refractivity contribution in [1.82, 2.24) is 0 Å². The van der Waals surface area contributed by atoms with E-state index in [1.165, 1.54) is 13.0 Å². The first-order chi connectivity index (χ1) is 18.3. The maximum absolute atomic E-state index is 14.5. The summed E-state index contributed by atoms with van der Waals surface area (Å²) in [6.45, 7) is 11.1. The van der Waals surface area contributed by atoms with Gasteiger partial charge in [0.05, 0.1) is 5.41 Å². The molecular formula is C32H44O7. The van der Waals surface area contributed by atoms with Gasteiger partial charge < -0.3 is 19.7 Å². The lowest BCUT2D eigenvalue weighted by Gasteiger charge is -2.48. The van der Waals surface area contributed by atoms with Crippen molar-refractivity contribution < 1.29 is 34.1 Å². The average Bonchev–Trinajstić information content (AvgIpc) is 3.36. The zero-order valence-electron chi connectivity index (χ0n) is 24.1. The number of Topliss-reactive ketones (excluding diaryl/α,β-unsaturated/α-hetero) is 1. The zero-order valence-corrected chi connectivity index (χ0v) is 24.1. The number of ether oxygens (including phenoxy) is 2. The van der Waals surface area contributed by atoms with Gasteiger partial charge in [-0.05, 0) is 60.5 Å². The van der Waals surface area contributed by atoms with E-state index in [2.05, 4.69) is 20.8 Å². The number of carbonyl (C=O) groups is 3. The van der Waals surface area contributed by atoms with Crippen molar-refractivity contribution in [2.75, 3.05) is 6.61 Å². The summed E-state index contributed by atoms with van der Waals surface area (Å²) in [5.74, 6) is -1.92. The molecule has 2 fully saturated rings. The second-order valence-corrected chi connectivity index (χ2v) is 12.6. The number of fused-ring (bicyclic) bond motifs is 3. The van der Waals surface area contributed by atoms with Crippen LogP contribution < -0.4 is 0 Å². The van der Waals surface area contributed by atoms with Crippen LogP contribution in [0.3, 0.4) is 0 Å². The van der Waals surface area contributed by atoms with E-state index in [0.29, 0.717) is 12.0 Å². The number of allylic oxidation sites excluding steroid dienone is 4. The molecule has 0 aromatic rings. The summed E-state index contributed by atoms with van der Waals surface area (Å²) in [5, 5.41) is 24.3. The van der Waals surface area contributed by atoms with Crippen LogP contribution >= 0.6 is 0 Å². The van der Waals surface area contributed by atoms with Gasteiger partial charge in [-0.25, -0.2) is 4.79 Å². The van der Waals surface area contributed by atoms with E-state index in [-0.39, 0.29) is 41.1 Å². The molecule has 2 bridgehead atoms. The van der Waals surface area contributed by atoms with E-state index in [1.54, 1.807) is 31.2 Å². The van der Waals surface area contributed by atoms with Crippen LogP contribution in [0.2, 0.25) is 0 Å². The van der Waals surface area contributed by atoms with Crippen molar-refractivity contribution in [3.63, 3.8) is 0 Å². The van der Waals surface area contributed by atoms with Gasteiger partial charge >= 0.3 is 11.9 Å². The number of unbranched alkanes of at least 4 members (excludes halogenated alkanes) is 3. The van der Waals surface area contributed by atoms with Gasteiger partial charge in [-0.3, -0.25) is 9.59 Å². The molecule has 4 rings (SSSR count). The number of ketones is 1. The Labute approximate surface area is 232 Å². The second kappa shape index (κ2) is 10.8. The summed E-state index contributed by atoms with van der Waals surface area (Å²) in [5.41, 5.74) is -2.87. The molecule has 0 aromatic carbocycles. The third-order valence-electron chi connectivity index (χ3n) is 9.84. The molecule has 7 heteroatoms. The van der Waals surface area contributed by atoms with Crippen molar-refractivity contribution in [3.8, 4) is 0 Å². The van der Waals surface area contributed by atoms with E-state index < -0.39 is 41.1 Å². The van der Waals surface area contributed by atoms with E-state index in [9.17, 15) is 24.6 Å². The van der Waals surface area contributed by atoms with Gasteiger partial charge in [-0.1, -0.05) is 70.9 Å². The van der Waals surface area contributed by atoms with Crippen molar-refractivity contribution in [3.05, 3.63) is 47.6 Å². The first-order valence-corrected chi connectivity index (χ1v) is 14.4. The Hall–Kier alpha value is -2.51. The van der Waals surface area contributed by atoms with Crippen LogP contribution in [0.15, 0.2) is 47.6 Å².